The van der Waals surface area contributed by atoms with E-state index in [0.29, 0.717) is 19.4 Å². The van der Waals surface area contributed by atoms with Gasteiger partial charge in [0.1, 0.15) is 5.67 Å². The Hall–Kier alpha value is -1.65. The molecule has 2 aliphatic carbocycles. The highest BCUT2D eigenvalue weighted by Crippen LogP contribution is 2.33. The van der Waals surface area contributed by atoms with Gasteiger partial charge < -0.3 is 4.90 Å². The third-order valence-electron chi connectivity index (χ3n) is 5.50. The van der Waals surface area contributed by atoms with Gasteiger partial charge in [0.2, 0.25) is 5.91 Å². The molecule has 1 heterocycles. The largest absolute Gasteiger partial charge is 0.330 e. The van der Waals surface area contributed by atoms with Crippen LogP contribution in [0.3, 0.4) is 0 Å². The van der Waals surface area contributed by atoms with E-state index < -0.39 is 5.67 Å². The topological polar surface area (TPSA) is 38.1 Å². The lowest BCUT2D eigenvalue weighted by Crippen LogP contribution is -2.43. The Morgan fingerprint density at radius 3 is 2.71 bits per heavy atom. The second-order valence-electron chi connectivity index (χ2n) is 7.31. The zero-order valence-corrected chi connectivity index (χ0v) is 14.7. The third-order valence-corrected chi connectivity index (χ3v) is 5.50. The van der Waals surface area contributed by atoms with Crippen molar-refractivity contribution in [3.63, 3.8) is 0 Å². The second kappa shape index (κ2) is 7.08. The molecule has 0 N–H and O–H groups in total. The monoisotopic (exact) mass is 333 g/mol. The number of aromatic nitrogens is 2. The van der Waals surface area contributed by atoms with Gasteiger partial charge in [-0.2, -0.15) is 5.10 Å². The number of rotatable bonds is 5. The summed E-state index contributed by atoms with van der Waals surface area (Å²) in [7, 11) is 1.93. The lowest BCUT2D eigenvalue weighted by Gasteiger charge is -2.34. The van der Waals surface area contributed by atoms with E-state index in [9.17, 15) is 4.79 Å². The number of fused-ring (bicyclic) bond motifs is 1. The Morgan fingerprint density at radius 2 is 2.00 bits per heavy atom. The fourth-order valence-electron chi connectivity index (χ4n) is 4.15. The van der Waals surface area contributed by atoms with Crippen LogP contribution in [0.2, 0.25) is 0 Å². The third kappa shape index (κ3) is 3.55. The van der Waals surface area contributed by atoms with Crippen LogP contribution in [0, 0.1) is 0 Å². The van der Waals surface area contributed by atoms with E-state index in [1.54, 1.807) is 4.90 Å². The number of amides is 1. The average Bonchev–Trinajstić information content (AvgIpc) is 2.89. The van der Waals surface area contributed by atoms with E-state index in [1.807, 2.05) is 11.7 Å². The molecule has 3 rings (SSSR count). The lowest BCUT2D eigenvalue weighted by molar-refractivity contribution is -0.129. The highest BCUT2D eigenvalue weighted by Gasteiger charge is 2.35. The van der Waals surface area contributed by atoms with E-state index in [1.165, 1.54) is 18.1 Å². The fraction of sp³-hybridized carbons (Fsp3) is 0.684. The van der Waals surface area contributed by atoms with Gasteiger partial charge in [0.25, 0.3) is 0 Å². The molecule has 132 valence electrons. The van der Waals surface area contributed by atoms with Crippen molar-refractivity contribution in [1.82, 2.24) is 14.7 Å². The minimum absolute atomic E-state index is 0.164. The molecule has 1 saturated carbocycles. The Labute approximate surface area is 143 Å². The molecule has 1 fully saturated rings. The van der Waals surface area contributed by atoms with Crippen LogP contribution in [0.5, 0.6) is 0 Å². The van der Waals surface area contributed by atoms with Crippen molar-refractivity contribution in [3.05, 3.63) is 29.6 Å². The van der Waals surface area contributed by atoms with Crippen molar-refractivity contribution in [1.29, 1.82) is 0 Å². The zero-order valence-electron chi connectivity index (χ0n) is 14.7. The Kier molecular flexibility index (Phi) is 5.07. The molecule has 0 aliphatic heterocycles. The van der Waals surface area contributed by atoms with Gasteiger partial charge in [-0.05, 0) is 50.2 Å². The van der Waals surface area contributed by atoms with Gasteiger partial charge in [0.15, 0.2) is 0 Å². The summed E-state index contributed by atoms with van der Waals surface area (Å²) >= 11 is 0. The van der Waals surface area contributed by atoms with Crippen molar-refractivity contribution >= 4 is 5.91 Å². The molecule has 0 aromatic carbocycles. The van der Waals surface area contributed by atoms with Crippen LogP contribution >= 0.6 is 0 Å². The number of carbonyl (C=O) groups is 1. The molecule has 2 aliphatic rings. The Morgan fingerprint density at radius 1 is 1.29 bits per heavy atom. The van der Waals surface area contributed by atoms with Gasteiger partial charge in [0, 0.05) is 7.05 Å². The molecular formula is C19H28FN3O. The van der Waals surface area contributed by atoms with E-state index in [-0.39, 0.29) is 12.5 Å². The van der Waals surface area contributed by atoms with Gasteiger partial charge in [0.05, 0.1) is 24.5 Å². The Balaban J connectivity index is 1.81. The highest BCUT2D eigenvalue weighted by atomic mass is 19.1. The smallest absolute Gasteiger partial charge is 0.246 e. The van der Waals surface area contributed by atoms with Crippen LogP contribution in [0.1, 0.15) is 61.9 Å². The maximum Gasteiger partial charge on any atom is 0.246 e. The number of aryl methyl sites for hydroxylation is 2. The van der Waals surface area contributed by atoms with Gasteiger partial charge in [-0.15, -0.1) is 0 Å². The summed E-state index contributed by atoms with van der Waals surface area (Å²) in [6, 6.07) is 0. The van der Waals surface area contributed by atoms with E-state index in [0.717, 1.165) is 49.9 Å². The maximum absolute atomic E-state index is 15.1. The predicted molar refractivity (Wildman–Crippen MR) is 92.4 cm³/mol. The number of nitrogens with zero attached hydrogens (tertiary/aromatic N) is 3. The average molecular weight is 333 g/mol. The number of hydrogen-bond donors (Lipinski definition) is 0. The minimum Gasteiger partial charge on any atom is -0.330 e. The first-order valence-corrected chi connectivity index (χ1v) is 9.16. The maximum atomic E-state index is 15.1. The summed E-state index contributed by atoms with van der Waals surface area (Å²) in [5, 5.41) is 4.61. The quantitative estimate of drug-likeness (QED) is 0.774. The minimum atomic E-state index is -1.25. The van der Waals surface area contributed by atoms with Crippen molar-refractivity contribution in [2.45, 2.75) is 70.0 Å². The number of halogens is 1. The Bertz CT molecular complexity index is 616. The molecular weight excluding hydrogens is 305 g/mol. The molecule has 4 nitrogen and oxygen atoms in total. The van der Waals surface area contributed by atoms with Crippen LogP contribution < -0.4 is 0 Å². The molecule has 0 unspecified atom stereocenters. The summed E-state index contributed by atoms with van der Waals surface area (Å²) in [6.45, 7) is 4.19. The summed E-state index contributed by atoms with van der Waals surface area (Å²) in [6.07, 6.45) is 9.67. The van der Waals surface area contributed by atoms with E-state index >= 15 is 4.39 Å². The number of alkyl halides is 1. The van der Waals surface area contributed by atoms with Crippen LogP contribution in [-0.4, -0.2) is 32.8 Å². The molecule has 24 heavy (non-hydrogen) atoms. The molecule has 0 radical (unpaired) electrons. The van der Waals surface area contributed by atoms with Crippen molar-refractivity contribution in [2.75, 3.05) is 6.54 Å². The second-order valence-corrected chi connectivity index (χ2v) is 7.31. The molecule has 1 aromatic rings. The first-order valence-electron chi connectivity index (χ1n) is 9.16. The molecule has 0 atom stereocenters. The number of hydrogen-bond acceptors (Lipinski definition) is 2. The molecule has 1 amide bonds. The van der Waals surface area contributed by atoms with Gasteiger partial charge >= 0.3 is 0 Å². The van der Waals surface area contributed by atoms with Gasteiger partial charge in [-0.25, -0.2) is 4.39 Å². The molecule has 0 saturated heterocycles. The van der Waals surface area contributed by atoms with Crippen molar-refractivity contribution in [2.24, 2.45) is 7.05 Å². The van der Waals surface area contributed by atoms with Gasteiger partial charge in [-0.1, -0.05) is 25.8 Å². The molecule has 0 spiro atoms. The van der Waals surface area contributed by atoms with Crippen LogP contribution in [0.15, 0.2) is 12.7 Å². The molecule has 0 bridgehead atoms. The lowest BCUT2D eigenvalue weighted by atomic mass is 9.86. The SMILES string of the molecule is C=CC(=O)N(Cc1c2c(nn1C)CCCC2)CC1(F)CCCCC1. The predicted octanol–water partition coefficient (Wildman–Crippen LogP) is 3.49. The van der Waals surface area contributed by atoms with Crippen LogP contribution in [0.25, 0.3) is 0 Å². The van der Waals surface area contributed by atoms with E-state index in [2.05, 4.69) is 11.7 Å². The summed E-state index contributed by atoms with van der Waals surface area (Å²) in [5.74, 6) is -0.191. The zero-order chi connectivity index (χ0) is 17.2. The summed E-state index contributed by atoms with van der Waals surface area (Å²) < 4.78 is 17.0. The molecule has 1 aromatic heterocycles. The molecule has 5 heteroatoms. The fourth-order valence-corrected chi connectivity index (χ4v) is 4.15. The summed E-state index contributed by atoms with van der Waals surface area (Å²) in [5.41, 5.74) is 2.22. The van der Waals surface area contributed by atoms with Crippen LogP contribution in [0.4, 0.5) is 4.39 Å². The first kappa shape index (κ1) is 17.2. The van der Waals surface area contributed by atoms with Gasteiger partial charge in [-0.3, -0.25) is 9.48 Å². The van der Waals surface area contributed by atoms with Crippen molar-refractivity contribution < 1.29 is 9.18 Å². The van der Waals surface area contributed by atoms with Crippen molar-refractivity contribution in [3.8, 4) is 0 Å². The standard InChI is InChI=1S/C19H28FN3O/c1-3-18(24)23(14-19(20)11-7-4-8-12-19)13-17-15-9-5-6-10-16(15)21-22(17)2/h3H,1,4-14H2,2H3. The number of carbonyl (C=O) groups excluding carboxylic acids is 1. The normalized spacial score (nSPS) is 19.6. The highest BCUT2D eigenvalue weighted by molar-refractivity contribution is 5.87. The van der Waals surface area contributed by atoms with Crippen LogP contribution in [-0.2, 0) is 31.2 Å². The first-order chi connectivity index (χ1) is 11.5. The summed E-state index contributed by atoms with van der Waals surface area (Å²) in [4.78, 5) is 14.0. The van der Waals surface area contributed by atoms with E-state index in [4.69, 9.17) is 0 Å².